The third-order valence-electron chi connectivity index (χ3n) is 2.57. The second-order valence-corrected chi connectivity index (χ2v) is 5.86. The lowest BCUT2D eigenvalue weighted by Gasteiger charge is -2.10. The van der Waals surface area contributed by atoms with Crippen molar-refractivity contribution in [3.8, 4) is 5.75 Å². The Hall–Kier alpha value is -1.03. The predicted molar refractivity (Wildman–Crippen MR) is 75.6 cm³/mol. The van der Waals surface area contributed by atoms with Gasteiger partial charge >= 0.3 is 0 Å². The predicted octanol–water partition coefficient (Wildman–Crippen LogP) is 4.21. The number of ether oxygens (including phenoxy) is 1. The van der Waals surface area contributed by atoms with Gasteiger partial charge in [0.2, 0.25) is 0 Å². The first-order chi connectivity index (χ1) is 8.65. The van der Waals surface area contributed by atoms with Crippen molar-refractivity contribution in [3.63, 3.8) is 0 Å². The molecule has 0 bridgehead atoms. The van der Waals surface area contributed by atoms with E-state index in [1.165, 1.54) is 11.3 Å². The van der Waals surface area contributed by atoms with Gasteiger partial charge in [-0.3, -0.25) is 0 Å². The largest absolute Gasteiger partial charge is 0.493 e. The van der Waals surface area contributed by atoms with Crippen molar-refractivity contribution in [1.29, 1.82) is 0 Å². The molecule has 2 aromatic rings. The minimum absolute atomic E-state index is 0.486. The van der Waals surface area contributed by atoms with Gasteiger partial charge in [0.1, 0.15) is 5.75 Å². The third kappa shape index (κ3) is 3.73. The molecule has 2 rings (SSSR count). The molecule has 0 aliphatic heterocycles. The summed E-state index contributed by atoms with van der Waals surface area (Å²) < 4.78 is 6.30. The third-order valence-corrected chi connectivity index (χ3v) is 3.90. The van der Waals surface area contributed by atoms with Crippen molar-refractivity contribution >= 4 is 22.9 Å². The van der Waals surface area contributed by atoms with Gasteiger partial charge in [0.15, 0.2) is 0 Å². The van der Waals surface area contributed by atoms with Crippen LogP contribution in [-0.4, -0.2) is 11.7 Å². The highest BCUT2D eigenvalue weighted by Crippen LogP contribution is 2.28. The van der Waals surface area contributed by atoms with Crippen LogP contribution in [-0.2, 0) is 0 Å². The van der Waals surface area contributed by atoms with Gasteiger partial charge in [-0.2, -0.15) is 0 Å². The van der Waals surface area contributed by atoms with Gasteiger partial charge in [0, 0.05) is 11.3 Å². The van der Waals surface area contributed by atoms with Gasteiger partial charge in [-0.1, -0.05) is 23.7 Å². The van der Waals surface area contributed by atoms with Crippen LogP contribution >= 0.6 is 22.9 Å². The van der Waals surface area contributed by atoms with Crippen molar-refractivity contribution in [2.24, 2.45) is 0 Å². The molecule has 18 heavy (non-hydrogen) atoms. The highest BCUT2D eigenvalue weighted by molar-refractivity contribution is 7.16. The molecule has 4 heteroatoms. The minimum Gasteiger partial charge on any atom is -0.493 e. The molecule has 1 N–H and O–H groups in total. The molecule has 96 valence electrons. The van der Waals surface area contributed by atoms with Crippen LogP contribution in [0.4, 0.5) is 0 Å². The maximum atomic E-state index is 9.94. The second-order valence-electron chi connectivity index (χ2n) is 4.11. The SMILES string of the molecule is Cc1cccc(OCCC(O)c2ccc(Cl)s2)c1. The fourth-order valence-electron chi connectivity index (χ4n) is 1.64. The molecule has 1 unspecified atom stereocenters. The van der Waals surface area contributed by atoms with Crippen LogP contribution in [0.25, 0.3) is 0 Å². The molecule has 2 nitrogen and oxygen atoms in total. The first-order valence-electron chi connectivity index (χ1n) is 5.78. The quantitative estimate of drug-likeness (QED) is 0.890. The zero-order chi connectivity index (χ0) is 13.0. The van der Waals surface area contributed by atoms with E-state index in [4.69, 9.17) is 16.3 Å². The number of benzene rings is 1. The Labute approximate surface area is 116 Å². The lowest BCUT2D eigenvalue weighted by Crippen LogP contribution is -2.04. The lowest BCUT2D eigenvalue weighted by molar-refractivity contribution is 0.144. The molecule has 1 atom stereocenters. The van der Waals surface area contributed by atoms with E-state index in [1.54, 1.807) is 6.07 Å². The average Bonchev–Trinajstić information content (AvgIpc) is 2.76. The van der Waals surface area contributed by atoms with E-state index in [1.807, 2.05) is 37.3 Å². The summed E-state index contributed by atoms with van der Waals surface area (Å²) >= 11 is 7.23. The zero-order valence-corrected chi connectivity index (χ0v) is 11.7. The average molecular weight is 283 g/mol. The van der Waals surface area contributed by atoms with E-state index < -0.39 is 6.10 Å². The molecule has 0 radical (unpaired) electrons. The standard InChI is InChI=1S/C14H15ClO2S/c1-10-3-2-4-11(9-10)17-8-7-12(16)13-5-6-14(15)18-13/h2-6,9,12,16H,7-8H2,1H3. The summed E-state index contributed by atoms with van der Waals surface area (Å²) in [5, 5.41) is 9.94. The molecule has 0 fully saturated rings. The van der Waals surface area contributed by atoms with Crippen molar-refractivity contribution in [1.82, 2.24) is 0 Å². The Morgan fingerprint density at radius 3 is 2.83 bits per heavy atom. The summed E-state index contributed by atoms with van der Waals surface area (Å²) in [4.78, 5) is 0.882. The van der Waals surface area contributed by atoms with Gasteiger partial charge in [-0.15, -0.1) is 11.3 Å². The number of hydrogen-bond acceptors (Lipinski definition) is 3. The van der Waals surface area contributed by atoms with E-state index >= 15 is 0 Å². The molecule has 0 saturated heterocycles. The van der Waals surface area contributed by atoms with E-state index in [0.717, 1.165) is 16.2 Å². The molecule has 0 amide bonds. The van der Waals surface area contributed by atoms with Gasteiger partial charge in [0.05, 0.1) is 17.0 Å². The van der Waals surface area contributed by atoms with Crippen LogP contribution in [0.2, 0.25) is 4.34 Å². The summed E-state index contributed by atoms with van der Waals surface area (Å²) in [6, 6.07) is 11.5. The number of hydrogen-bond donors (Lipinski definition) is 1. The van der Waals surface area contributed by atoms with Crippen molar-refractivity contribution in [2.45, 2.75) is 19.4 Å². The molecule has 1 aromatic carbocycles. The lowest BCUT2D eigenvalue weighted by atomic mass is 10.2. The summed E-state index contributed by atoms with van der Waals surface area (Å²) in [7, 11) is 0. The minimum atomic E-state index is -0.507. The Balaban J connectivity index is 1.82. The van der Waals surface area contributed by atoms with Crippen LogP contribution in [0.5, 0.6) is 5.75 Å². The normalized spacial score (nSPS) is 12.4. The smallest absolute Gasteiger partial charge is 0.119 e. The van der Waals surface area contributed by atoms with Crippen LogP contribution in [0.1, 0.15) is 23.0 Å². The van der Waals surface area contributed by atoms with E-state index in [0.29, 0.717) is 17.4 Å². The Morgan fingerprint density at radius 1 is 1.33 bits per heavy atom. The van der Waals surface area contributed by atoms with E-state index in [-0.39, 0.29) is 0 Å². The molecule has 0 aliphatic carbocycles. The maximum Gasteiger partial charge on any atom is 0.119 e. The fourth-order valence-corrected chi connectivity index (χ4v) is 2.72. The van der Waals surface area contributed by atoms with Crippen molar-refractivity contribution < 1.29 is 9.84 Å². The number of aliphatic hydroxyl groups is 1. The number of halogens is 1. The Kier molecular flexibility index (Phi) is 4.64. The van der Waals surface area contributed by atoms with E-state index in [2.05, 4.69) is 0 Å². The second kappa shape index (κ2) is 6.23. The molecule has 0 spiro atoms. The van der Waals surface area contributed by atoms with Gasteiger partial charge in [-0.25, -0.2) is 0 Å². The highest BCUT2D eigenvalue weighted by atomic mass is 35.5. The van der Waals surface area contributed by atoms with Gasteiger partial charge < -0.3 is 9.84 Å². The summed E-state index contributed by atoms with van der Waals surface area (Å²) in [5.41, 5.74) is 1.16. The van der Waals surface area contributed by atoms with Crippen LogP contribution < -0.4 is 4.74 Å². The monoisotopic (exact) mass is 282 g/mol. The molecule has 0 aliphatic rings. The molecule has 1 aromatic heterocycles. The number of thiophene rings is 1. The molecule has 1 heterocycles. The fraction of sp³-hybridized carbons (Fsp3) is 0.286. The van der Waals surface area contributed by atoms with Crippen LogP contribution in [0.3, 0.4) is 0 Å². The zero-order valence-electron chi connectivity index (χ0n) is 10.1. The van der Waals surface area contributed by atoms with Gasteiger partial charge in [-0.05, 0) is 36.8 Å². The first-order valence-corrected chi connectivity index (χ1v) is 6.97. The van der Waals surface area contributed by atoms with Crippen molar-refractivity contribution in [2.75, 3.05) is 6.61 Å². The number of rotatable bonds is 5. The Bertz CT molecular complexity index is 510. The number of aryl methyl sites for hydroxylation is 1. The van der Waals surface area contributed by atoms with Crippen molar-refractivity contribution in [3.05, 3.63) is 51.2 Å². The first kappa shape index (κ1) is 13.4. The Morgan fingerprint density at radius 2 is 2.17 bits per heavy atom. The summed E-state index contributed by atoms with van der Waals surface area (Å²) in [5.74, 6) is 0.839. The molecular weight excluding hydrogens is 268 g/mol. The highest BCUT2D eigenvalue weighted by Gasteiger charge is 2.10. The molecule has 0 saturated carbocycles. The summed E-state index contributed by atoms with van der Waals surface area (Å²) in [6.07, 6.45) is 0.0532. The van der Waals surface area contributed by atoms with E-state index in [9.17, 15) is 5.11 Å². The van der Waals surface area contributed by atoms with Crippen LogP contribution in [0.15, 0.2) is 36.4 Å². The topological polar surface area (TPSA) is 29.5 Å². The van der Waals surface area contributed by atoms with Gasteiger partial charge in [0.25, 0.3) is 0 Å². The maximum absolute atomic E-state index is 9.94. The van der Waals surface area contributed by atoms with Crippen LogP contribution in [0, 0.1) is 6.92 Å². The summed E-state index contributed by atoms with van der Waals surface area (Å²) in [6.45, 7) is 2.51. The number of aliphatic hydroxyl groups excluding tert-OH is 1. The molecular formula is C14H15ClO2S.